The summed E-state index contributed by atoms with van der Waals surface area (Å²) >= 11 is 0. The maximum atomic E-state index is 13.4. The van der Waals surface area contributed by atoms with E-state index in [9.17, 15) is 19.1 Å². The summed E-state index contributed by atoms with van der Waals surface area (Å²) in [5.74, 6) is -0.219. The summed E-state index contributed by atoms with van der Waals surface area (Å²) in [7, 11) is 0. The lowest BCUT2D eigenvalue weighted by molar-refractivity contribution is -0.166. The van der Waals surface area contributed by atoms with Crippen LogP contribution in [0, 0.1) is 11.7 Å². The lowest BCUT2D eigenvalue weighted by Crippen LogP contribution is -2.64. The van der Waals surface area contributed by atoms with E-state index in [4.69, 9.17) is 10.1 Å². The molecule has 0 bridgehead atoms. The first-order valence-corrected chi connectivity index (χ1v) is 12.7. The number of aliphatic hydroxyl groups is 1. The molecule has 0 radical (unpaired) electrons. The van der Waals surface area contributed by atoms with Crippen LogP contribution in [0.1, 0.15) is 55.5 Å². The molecule has 1 atom stereocenters. The van der Waals surface area contributed by atoms with Crippen LogP contribution in [0.5, 0.6) is 0 Å². The van der Waals surface area contributed by atoms with Crippen molar-refractivity contribution in [3.05, 3.63) is 59.4 Å². The van der Waals surface area contributed by atoms with Crippen molar-refractivity contribution < 1.29 is 29.2 Å². The number of halogens is 1. The number of fused-ring (bicyclic) bond motifs is 3. The highest BCUT2D eigenvalue weighted by Gasteiger charge is 2.53. The van der Waals surface area contributed by atoms with E-state index < -0.39 is 11.3 Å². The quantitative estimate of drug-likeness (QED) is 0.579. The zero-order valence-electron chi connectivity index (χ0n) is 21.4. The van der Waals surface area contributed by atoms with Gasteiger partial charge in [0, 0.05) is 56.4 Å². The molecule has 3 aliphatic rings. The maximum absolute atomic E-state index is 13.4. The van der Waals surface area contributed by atoms with E-state index in [0.29, 0.717) is 49.1 Å². The maximum Gasteiger partial charge on any atom is 0.274 e. The molecule has 196 valence electrons. The number of piperazine rings is 1. The standard InChI is InChI=1S/C27H32FN5O4/c1-17(2)20(14-21(29)18-4-6-19(28)7-5-18)23-30-15-22-24(34)32-11-10-31(16-26(32,3)33(22)23)25(35)27(36)8-12-37-13-9-27/h4-7,14-15,17,29,36H,8-13,16H2,1-3H3/p+1. The first-order valence-electron chi connectivity index (χ1n) is 12.7. The summed E-state index contributed by atoms with van der Waals surface area (Å²) in [5.41, 5.74) is 0.0535. The Morgan fingerprint density at radius 1 is 1.22 bits per heavy atom. The van der Waals surface area contributed by atoms with Gasteiger partial charge in [0.05, 0.1) is 12.7 Å². The third kappa shape index (κ3) is 4.18. The van der Waals surface area contributed by atoms with Gasteiger partial charge in [-0.25, -0.2) is 9.37 Å². The van der Waals surface area contributed by atoms with Gasteiger partial charge in [0.2, 0.25) is 5.71 Å². The van der Waals surface area contributed by atoms with Gasteiger partial charge in [-0.05, 0) is 37.1 Å². The number of aromatic nitrogens is 2. The number of nitrogens with zero attached hydrogens (tertiary/aromatic N) is 4. The third-order valence-corrected chi connectivity index (χ3v) is 7.75. The molecule has 0 saturated carbocycles. The van der Waals surface area contributed by atoms with Gasteiger partial charge in [0.15, 0.2) is 0 Å². The number of allylic oxidation sites excluding steroid dienone is 2. The van der Waals surface area contributed by atoms with Crippen molar-refractivity contribution in [2.45, 2.75) is 44.9 Å². The number of hydrogen-bond acceptors (Lipinski definition) is 5. The minimum atomic E-state index is -1.46. The molecule has 2 fully saturated rings. The average Bonchev–Trinajstić information content (AvgIpc) is 3.40. The SMILES string of the molecule is CC(C)C(=CC(=[NH2+])c1ccc(F)cc1)c1ncc2n1C1(C)CN(C(=O)C3(O)CCOCC3)CCN1C2=O. The van der Waals surface area contributed by atoms with Crippen LogP contribution in [0.3, 0.4) is 0 Å². The molecule has 1 unspecified atom stereocenters. The zero-order valence-corrected chi connectivity index (χ0v) is 21.4. The van der Waals surface area contributed by atoms with E-state index >= 15 is 0 Å². The third-order valence-electron chi connectivity index (χ3n) is 7.75. The second-order valence-corrected chi connectivity index (χ2v) is 10.6. The molecule has 3 aliphatic heterocycles. The minimum Gasteiger partial charge on any atom is -0.381 e. The molecule has 4 heterocycles. The van der Waals surface area contributed by atoms with Gasteiger partial charge < -0.3 is 19.6 Å². The number of imidazole rings is 1. The Balaban J connectivity index is 1.51. The van der Waals surface area contributed by atoms with E-state index in [-0.39, 0.29) is 42.9 Å². The number of rotatable bonds is 5. The van der Waals surface area contributed by atoms with Crippen LogP contribution in [0.15, 0.2) is 36.5 Å². The van der Waals surface area contributed by atoms with Gasteiger partial charge in [-0.2, -0.15) is 0 Å². The molecule has 3 N–H and O–H groups in total. The molecule has 10 heteroatoms. The predicted molar refractivity (Wildman–Crippen MR) is 134 cm³/mol. The second kappa shape index (κ2) is 9.18. The molecular weight excluding hydrogens is 477 g/mol. The fourth-order valence-electron chi connectivity index (χ4n) is 5.60. The van der Waals surface area contributed by atoms with Crippen LogP contribution in [0.4, 0.5) is 4.39 Å². The van der Waals surface area contributed by atoms with Crippen LogP contribution in [-0.2, 0) is 15.2 Å². The Bertz CT molecular complexity index is 1280. The van der Waals surface area contributed by atoms with E-state index in [1.54, 1.807) is 28.1 Å². The zero-order chi connectivity index (χ0) is 26.5. The van der Waals surface area contributed by atoms with Crippen molar-refractivity contribution in [1.82, 2.24) is 19.4 Å². The van der Waals surface area contributed by atoms with Gasteiger partial charge in [0.1, 0.15) is 28.6 Å². The minimum absolute atomic E-state index is 0.00234. The first-order chi connectivity index (χ1) is 17.5. The van der Waals surface area contributed by atoms with Gasteiger partial charge >= 0.3 is 0 Å². The van der Waals surface area contributed by atoms with Gasteiger partial charge in [-0.3, -0.25) is 19.6 Å². The van der Waals surface area contributed by atoms with E-state index in [0.717, 1.165) is 5.57 Å². The molecule has 5 rings (SSSR count). The Kier molecular flexibility index (Phi) is 6.27. The molecule has 0 aliphatic carbocycles. The topological polar surface area (TPSA) is 113 Å². The first kappa shape index (κ1) is 25.3. The number of hydrogen-bond donors (Lipinski definition) is 2. The highest BCUT2D eigenvalue weighted by molar-refractivity contribution is 6.08. The Labute approximate surface area is 215 Å². The molecule has 1 aromatic carbocycles. The van der Waals surface area contributed by atoms with E-state index in [1.807, 2.05) is 31.4 Å². The Hall–Kier alpha value is -3.37. The van der Waals surface area contributed by atoms with Crippen LogP contribution in [-0.4, -0.2) is 80.4 Å². The van der Waals surface area contributed by atoms with Crippen LogP contribution in [0.2, 0.25) is 0 Å². The summed E-state index contributed by atoms with van der Waals surface area (Å²) in [6, 6.07) is 5.95. The van der Waals surface area contributed by atoms with Gasteiger partial charge in [-0.15, -0.1) is 0 Å². The number of carbonyl (C=O) groups is 2. The average molecular weight is 511 g/mol. The monoisotopic (exact) mass is 510 g/mol. The van der Waals surface area contributed by atoms with Crippen molar-refractivity contribution in [1.29, 1.82) is 0 Å². The fourth-order valence-corrected chi connectivity index (χ4v) is 5.60. The lowest BCUT2D eigenvalue weighted by atomic mass is 9.91. The van der Waals surface area contributed by atoms with Gasteiger partial charge in [0.25, 0.3) is 11.8 Å². The van der Waals surface area contributed by atoms with Crippen LogP contribution < -0.4 is 5.41 Å². The second-order valence-electron chi connectivity index (χ2n) is 10.6. The Morgan fingerprint density at radius 2 is 1.89 bits per heavy atom. The number of carbonyl (C=O) groups excluding carboxylic acids is 2. The van der Waals surface area contributed by atoms with Crippen LogP contribution >= 0.6 is 0 Å². The van der Waals surface area contributed by atoms with E-state index in [2.05, 4.69) is 4.98 Å². The summed E-state index contributed by atoms with van der Waals surface area (Å²) in [4.78, 5) is 34.9. The predicted octanol–water partition coefficient (Wildman–Crippen LogP) is 0.822. The molecule has 37 heavy (non-hydrogen) atoms. The lowest BCUT2D eigenvalue weighted by Gasteiger charge is -2.47. The summed E-state index contributed by atoms with van der Waals surface area (Å²) in [6.45, 7) is 7.53. The molecule has 1 aromatic heterocycles. The van der Waals surface area contributed by atoms with Crippen molar-refractivity contribution in [3.63, 3.8) is 0 Å². The number of nitrogens with two attached hydrogens (primary N) is 1. The number of amides is 2. The van der Waals surface area contributed by atoms with Crippen molar-refractivity contribution in [2.24, 2.45) is 5.92 Å². The molecule has 0 spiro atoms. The molecular formula is C27H33FN5O4+. The fraction of sp³-hybridized carbons (Fsp3) is 0.481. The van der Waals surface area contributed by atoms with Crippen molar-refractivity contribution >= 4 is 23.1 Å². The van der Waals surface area contributed by atoms with E-state index in [1.165, 1.54) is 12.1 Å². The Morgan fingerprint density at radius 3 is 2.54 bits per heavy atom. The number of ether oxygens (including phenoxy) is 1. The highest BCUT2D eigenvalue weighted by atomic mass is 19.1. The largest absolute Gasteiger partial charge is 0.381 e. The van der Waals surface area contributed by atoms with Gasteiger partial charge in [-0.1, -0.05) is 13.8 Å². The number of benzene rings is 1. The summed E-state index contributed by atoms with van der Waals surface area (Å²) < 4.78 is 20.7. The molecule has 2 saturated heterocycles. The summed E-state index contributed by atoms with van der Waals surface area (Å²) in [5, 5.41) is 17.4. The molecule has 2 amide bonds. The summed E-state index contributed by atoms with van der Waals surface area (Å²) in [6.07, 6.45) is 3.90. The smallest absolute Gasteiger partial charge is 0.274 e. The van der Waals surface area contributed by atoms with Crippen LogP contribution in [0.25, 0.3) is 5.57 Å². The van der Waals surface area contributed by atoms with Crippen molar-refractivity contribution in [3.8, 4) is 0 Å². The molecule has 9 nitrogen and oxygen atoms in total. The normalized spacial score (nSPS) is 23.3. The highest BCUT2D eigenvalue weighted by Crippen LogP contribution is 2.40. The van der Waals surface area contributed by atoms with Crippen molar-refractivity contribution in [2.75, 3.05) is 32.8 Å². The molecule has 2 aromatic rings.